The SMILES string of the molecule is CN1C[C@H](C(=O)N2CC=C(c3c[nH]c4ccccc34)CC2)CC1=O. The minimum atomic E-state index is -0.175. The molecule has 24 heavy (non-hydrogen) atoms. The maximum Gasteiger partial charge on any atom is 0.228 e. The number of amides is 2. The third-order valence-corrected chi connectivity index (χ3v) is 5.15. The molecule has 1 N–H and O–H groups in total. The van der Waals surface area contributed by atoms with Crippen molar-refractivity contribution in [3.05, 3.63) is 42.1 Å². The molecule has 1 aromatic heterocycles. The first-order valence-electron chi connectivity index (χ1n) is 8.42. The van der Waals surface area contributed by atoms with E-state index in [4.69, 9.17) is 0 Å². The highest BCUT2D eigenvalue weighted by atomic mass is 16.2. The van der Waals surface area contributed by atoms with Gasteiger partial charge in [-0.15, -0.1) is 0 Å². The number of carbonyl (C=O) groups is 2. The molecule has 5 heteroatoms. The maximum atomic E-state index is 12.6. The molecule has 1 aromatic carbocycles. The van der Waals surface area contributed by atoms with Gasteiger partial charge in [0.2, 0.25) is 11.8 Å². The lowest BCUT2D eigenvalue weighted by Gasteiger charge is -2.28. The Kier molecular flexibility index (Phi) is 3.63. The number of nitrogens with zero attached hydrogens (tertiary/aromatic N) is 2. The molecule has 0 bridgehead atoms. The standard InChI is InChI=1S/C19H21N3O2/c1-21-12-14(10-18(21)23)19(24)22-8-6-13(7-9-22)16-11-20-17-5-3-2-4-15(16)17/h2-6,11,14,20H,7-10,12H2,1H3/t14-/m1/s1. The van der Waals surface area contributed by atoms with Gasteiger partial charge in [-0.1, -0.05) is 24.3 Å². The highest BCUT2D eigenvalue weighted by Gasteiger charge is 2.35. The average molecular weight is 323 g/mol. The van der Waals surface area contributed by atoms with E-state index >= 15 is 0 Å². The second-order valence-electron chi connectivity index (χ2n) is 6.69. The van der Waals surface area contributed by atoms with Gasteiger partial charge in [-0.3, -0.25) is 9.59 Å². The van der Waals surface area contributed by atoms with Gasteiger partial charge in [0.05, 0.1) is 5.92 Å². The summed E-state index contributed by atoms with van der Waals surface area (Å²) >= 11 is 0. The maximum absolute atomic E-state index is 12.6. The van der Waals surface area contributed by atoms with E-state index in [1.54, 1.807) is 11.9 Å². The first kappa shape index (κ1) is 15.0. The van der Waals surface area contributed by atoms with Crippen LogP contribution in [0.1, 0.15) is 18.4 Å². The van der Waals surface area contributed by atoms with E-state index in [1.165, 1.54) is 16.5 Å². The minimum Gasteiger partial charge on any atom is -0.361 e. The zero-order valence-electron chi connectivity index (χ0n) is 13.8. The fourth-order valence-corrected chi connectivity index (χ4v) is 3.74. The number of aromatic nitrogens is 1. The van der Waals surface area contributed by atoms with Gasteiger partial charge >= 0.3 is 0 Å². The molecule has 124 valence electrons. The van der Waals surface area contributed by atoms with Crippen molar-refractivity contribution in [1.82, 2.24) is 14.8 Å². The summed E-state index contributed by atoms with van der Waals surface area (Å²) < 4.78 is 0. The van der Waals surface area contributed by atoms with Crippen molar-refractivity contribution in [3.8, 4) is 0 Å². The Morgan fingerprint density at radius 2 is 2.12 bits per heavy atom. The van der Waals surface area contributed by atoms with Gasteiger partial charge in [0.15, 0.2) is 0 Å². The van der Waals surface area contributed by atoms with Crippen molar-refractivity contribution < 1.29 is 9.59 Å². The van der Waals surface area contributed by atoms with E-state index in [-0.39, 0.29) is 17.7 Å². The number of rotatable bonds is 2. The zero-order chi connectivity index (χ0) is 16.7. The summed E-state index contributed by atoms with van der Waals surface area (Å²) in [5, 5.41) is 1.23. The fourth-order valence-electron chi connectivity index (χ4n) is 3.74. The molecule has 0 radical (unpaired) electrons. The number of benzene rings is 1. The van der Waals surface area contributed by atoms with E-state index < -0.39 is 0 Å². The lowest BCUT2D eigenvalue weighted by Crippen LogP contribution is -2.39. The third-order valence-electron chi connectivity index (χ3n) is 5.15. The number of H-pyrrole nitrogens is 1. The van der Waals surface area contributed by atoms with Crippen LogP contribution in [-0.4, -0.2) is 53.3 Å². The topological polar surface area (TPSA) is 56.4 Å². The van der Waals surface area contributed by atoms with Crippen molar-refractivity contribution in [3.63, 3.8) is 0 Å². The third kappa shape index (κ3) is 2.50. The number of para-hydroxylation sites is 1. The van der Waals surface area contributed by atoms with Crippen LogP contribution in [0.4, 0.5) is 0 Å². The van der Waals surface area contributed by atoms with Gasteiger partial charge < -0.3 is 14.8 Å². The summed E-state index contributed by atoms with van der Waals surface area (Å²) in [7, 11) is 1.76. The summed E-state index contributed by atoms with van der Waals surface area (Å²) in [6.45, 7) is 1.90. The predicted molar refractivity (Wildman–Crippen MR) is 93.2 cm³/mol. The van der Waals surface area contributed by atoms with Crippen LogP contribution in [0.3, 0.4) is 0 Å². The smallest absolute Gasteiger partial charge is 0.228 e. The van der Waals surface area contributed by atoms with E-state index in [9.17, 15) is 9.59 Å². The van der Waals surface area contributed by atoms with Crippen molar-refractivity contribution in [2.24, 2.45) is 5.92 Å². The Morgan fingerprint density at radius 3 is 2.83 bits per heavy atom. The molecule has 4 rings (SSSR count). The van der Waals surface area contributed by atoms with Gasteiger partial charge in [-0.25, -0.2) is 0 Å². The van der Waals surface area contributed by atoms with E-state index in [0.29, 0.717) is 19.5 Å². The Balaban J connectivity index is 1.49. The summed E-state index contributed by atoms with van der Waals surface area (Å²) in [5.74, 6) is 0.00727. The van der Waals surface area contributed by atoms with Gasteiger partial charge in [-0.2, -0.15) is 0 Å². The summed E-state index contributed by atoms with van der Waals surface area (Å²) in [5.41, 5.74) is 3.66. The largest absolute Gasteiger partial charge is 0.361 e. The number of carbonyl (C=O) groups excluding carboxylic acids is 2. The van der Waals surface area contributed by atoms with Crippen LogP contribution in [-0.2, 0) is 9.59 Å². The molecule has 2 aliphatic heterocycles. The molecule has 0 saturated carbocycles. The van der Waals surface area contributed by atoms with Crippen molar-refractivity contribution >= 4 is 28.3 Å². The molecular formula is C19H21N3O2. The molecule has 1 saturated heterocycles. The minimum absolute atomic E-state index is 0.0698. The van der Waals surface area contributed by atoms with Gasteiger partial charge in [-0.05, 0) is 18.1 Å². The molecule has 2 aliphatic rings. The van der Waals surface area contributed by atoms with Crippen LogP contribution in [0, 0.1) is 5.92 Å². The van der Waals surface area contributed by atoms with Crippen molar-refractivity contribution in [2.75, 3.05) is 26.7 Å². The van der Waals surface area contributed by atoms with Crippen molar-refractivity contribution in [1.29, 1.82) is 0 Å². The molecule has 0 aliphatic carbocycles. The van der Waals surface area contributed by atoms with E-state index in [0.717, 1.165) is 18.5 Å². The average Bonchev–Trinajstić information content (AvgIpc) is 3.18. The number of aromatic amines is 1. The monoisotopic (exact) mass is 323 g/mol. The van der Waals surface area contributed by atoms with Crippen LogP contribution >= 0.6 is 0 Å². The summed E-state index contributed by atoms with van der Waals surface area (Å²) in [6, 6.07) is 8.27. The normalized spacial score (nSPS) is 21.5. The Labute approximate surface area is 140 Å². The number of likely N-dealkylation sites (tertiary alicyclic amines) is 1. The lowest BCUT2D eigenvalue weighted by molar-refractivity contribution is -0.135. The van der Waals surface area contributed by atoms with Crippen LogP contribution < -0.4 is 0 Å². The van der Waals surface area contributed by atoms with Gasteiger partial charge in [0.25, 0.3) is 0 Å². The first-order valence-corrected chi connectivity index (χ1v) is 8.42. The van der Waals surface area contributed by atoms with E-state index in [2.05, 4.69) is 29.4 Å². The summed E-state index contributed by atoms with van der Waals surface area (Å²) in [6.07, 6.45) is 5.41. The number of hydrogen-bond donors (Lipinski definition) is 1. The second kappa shape index (κ2) is 5.82. The van der Waals surface area contributed by atoms with Crippen LogP contribution in [0.25, 0.3) is 16.5 Å². The highest BCUT2D eigenvalue weighted by Crippen LogP contribution is 2.30. The molecule has 1 atom stereocenters. The van der Waals surface area contributed by atoms with Crippen LogP contribution in [0.5, 0.6) is 0 Å². The molecule has 2 amide bonds. The quantitative estimate of drug-likeness (QED) is 0.922. The Bertz CT molecular complexity index is 836. The number of nitrogens with one attached hydrogen (secondary N) is 1. The molecule has 2 aromatic rings. The molecule has 0 spiro atoms. The van der Waals surface area contributed by atoms with E-state index in [1.807, 2.05) is 17.0 Å². The number of hydrogen-bond acceptors (Lipinski definition) is 2. The van der Waals surface area contributed by atoms with Gasteiger partial charge in [0, 0.05) is 55.8 Å². The molecule has 1 fully saturated rings. The predicted octanol–water partition coefficient (Wildman–Crippen LogP) is 2.26. The Morgan fingerprint density at radius 1 is 1.29 bits per heavy atom. The summed E-state index contributed by atoms with van der Waals surface area (Å²) in [4.78, 5) is 31.1. The highest BCUT2D eigenvalue weighted by molar-refractivity contribution is 5.93. The molecule has 5 nitrogen and oxygen atoms in total. The second-order valence-corrected chi connectivity index (χ2v) is 6.69. The zero-order valence-corrected chi connectivity index (χ0v) is 13.8. The number of fused-ring (bicyclic) bond motifs is 1. The van der Waals surface area contributed by atoms with Crippen LogP contribution in [0.15, 0.2) is 36.5 Å². The Hall–Kier alpha value is -2.56. The van der Waals surface area contributed by atoms with Crippen molar-refractivity contribution in [2.45, 2.75) is 12.8 Å². The molecule has 3 heterocycles. The first-order chi connectivity index (χ1) is 11.6. The fraction of sp³-hybridized carbons (Fsp3) is 0.368. The van der Waals surface area contributed by atoms with Gasteiger partial charge in [0.1, 0.15) is 0 Å². The lowest BCUT2D eigenvalue weighted by atomic mass is 9.98. The van der Waals surface area contributed by atoms with Crippen LogP contribution in [0.2, 0.25) is 0 Å². The molecular weight excluding hydrogens is 302 g/mol. The molecule has 0 unspecified atom stereocenters.